The molecular weight excluding hydrogens is 458 g/mol. The van der Waals surface area contributed by atoms with Crippen LogP contribution in [0.4, 0.5) is 0 Å². The summed E-state index contributed by atoms with van der Waals surface area (Å²) in [4.78, 5) is 27.1. The number of benzene rings is 2. The summed E-state index contributed by atoms with van der Waals surface area (Å²) in [6.45, 7) is 7.22. The van der Waals surface area contributed by atoms with Crippen molar-refractivity contribution in [3.8, 4) is 11.4 Å². The fourth-order valence-electron chi connectivity index (χ4n) is 4.34. The second-order valence-corrected chi connectivity index (χ2v) is 8.89. The molecule has 0 aliphatic carbocycles. The first kappa shape index (κ1) is 25.7. The van der Waals surface area contributed by atoms with Gasteiger partial charge in [0.05, 0.1) is 24.8 Å². The number of rotatable bonds is 12. The number of hydrogen-bond acceptors (Lipinski definition) is 7. The predicted molar refractivity (Wildman–Crippen MR) is 137 cm³/mol. The molecular formula is C27H35N5O4. The fourth-order valence-corrected chi connectivity index (χ4v) is 4.34. The predicted octanol–water partition coefficient (Wildman–Crippen LogP) is 2.48. The van der Waals surface area contributed by atoms with Crippen LogP contribution in [0.2, 0.25) is 0 Å². The van der Waals surface area contributed by atoms with E-state index < -0.39 is 0 Å². The normalized spacial score (nSPS) is 14.6. The Labute approximate surface area is 211 Å². The molecule has 9 nitrogen and oxygen atoms in total. The van der Waals surface area contributed by atoms with E-state index in [1.165, 1.54) is 10.2 Å². The summed E-state index contributed by atoms with van der Waals surface area (Å²) in [6, 6.07) is 17.7. The molecule has 0 bridgehead atoms. The lowest BCUT2D eigenvalue weighted by Crippen LogP contribution is -2.36. The summed E-state index contributed by atoms with van der Waals surface area (Å²) >= 11 is 0. The maximum absolute atomic E-state index is 12.8. The minimum Gasteiger partial charge on any atom is -0.492 e. The number of nitrogens with zero attached hydrogens (tertiary/aromatic N) is 4. The first-order chi connectivity index (χ1) is 17.6. The van der Waals surface area contributed by atoms with Crippen LogP contribution in [0.1, 0.15) is 25.3 Å². The van der Waals surface area contributed by atoms with E-state index in [2.05, 4.69) is 15.3 Å². The lowest BCUT2D eigenvalue weighted by Gasteiger charge is -2.30. The monoisotopic (exact) mass is 493 g/mol. The van der Waals surface area contributed by atoms with Crippen LogP contribution in [0.3, 0.4) is 0 Å². The van der Waals surface area contributed by atoms with Crippen LogP contribution in [-0.4, -0.2) is 64.6 Å². The third kappa shape index (κ3) is 7.05. The third-order valence-electron chi connectivity index (χ3n) is 6.35. The molecule has 36 heavy (non-hydrogen) atoms. The minimum absolute atomic E-state index is 0.0183. The molecule has 1 aliphatic heterocycles. The number of piperidine rings is 1. The Balaban J connectivity index is 1.20. The third-order valence-corrected chi connectivity index (χ3v) is 6.35. The zero-order valence-corrected chi connectivity index (χ0v) is 20.8. The van der Waals surface area contributed by atoms with Crippen molar-refractivity contribution in [1.29, 1.82) is 0 Å². The van der Waals surface area contributed by atoms with Crippen molar-refractivity contribution < 1.29 is 14.3 Å². The van der Waals surface area contributed by atoms with E-state index in [1.54, 1.807) is 10.9 Å². The summed E-state index contributed by atoms with van der Waals surface area (Å²) in [5, 5.41) is 7.54. The van der Waals surface area contributed by atoms with Crippen molar-refractivity contribution in [2.75, 3.05) is 39.4 Å². The quantitative estimate of drug-likeness (QED) is 0.306. The van der Waals surface area contributed by atoms with Gasteiger partial charge in [-0.25, -0.2) is 14.0 Å². The number of nitrogens with one attached hydrogen (secondary N) is 1. The number of carbonyl (C=O) groups is 1. The van der Waals surface area contributed by atoms with Crippen molar-refractivity contribution in [1.82, 2.24) is 24.6 Å². The van der Waals surface area contributed by atoms with Crippen molar-refractivity contribution in [2.45, 2.75) is 32.9 Å². The van der Waals surface area contributed by atoms with Gasteiger partial charge in [0, 0.05) is 19.6 Å². The molecule has 1 saturated heterocycles. The van der Waals surface area contributed by atoms with Gasteiger partial charge in [-0.2, -0.15) is 5.10 Å². The van der Waals surface area contributed by atoms with Crippen LogP contribution >= 0.6 is 0 Å². The van der Waals surface area contributed by atoms with Crippen LogP contribution in [-0.2, 0) is 22.6 Å². The number of carbonyl (C=O) groups excluding carboxylic acids is 1. The molecule has 1 fully saturated rings. The molecule has 0 saturated carbocycles. The summed E-state index contributed by atoms with van der Waals surface area (Å²) in [5.74, 6) is 0.795. The zero-order chi connectivity index (χ0) is 25.2. The van der Waals surface area contributed by atoms with Crippen LogP contribution in [0.5, 0.6) is 5.75 Å². The van der Waals surface area contributed by atoms with Gasteiger partial charge in [-0.15, -0.1) is 0 Å². The molecule has 0 atom stereocenters. The number of esters is 1. The molecule has 0 unspecified atom stereocenters. The standard InChI is InChI=1S/C27H35N5O4/c1-2-35-26(33)23-12-16-30(17-13-23)20-22-8-10-24(11-9-22)31-21-29-32(27(31)34)18-14-28-15-19-36-25-6-4-3-5-7-25/h3-11,21,23,28H,2,12-20H2,1H3. The fraction of sp³-hybridized carbons (Fsp3) is 0.444. The lowest BCUT2D eigenvalue weighted by molar-refractivity contribution is -0.149. The Morgan fingerprint density at radius 1 is 1.06 bits per heavy atom. The molecule has 4 rings (SSSR count). The highest BCUT2D eigenvalue weighted by atomic mass is 16.5. The number of ether oxygens (including phenoxy) is 2. The molecule has 192 valence electrons. The van der Waals surface area contributed by atoms with Gasteiger partial charge in [0.2, 0.25) is 0 Å². The van der Waals surface area contributed by atoms with Crippen LogP contribution in [0.25, 0.3) is 5.69 Å². The molecule has 2 heterocycles. The van der Waals surface area contributed by atoms with Crippen molar-refractivity contribution in [3.63, 3.8) is 0 Å². The minimum atomic E-state index is -0.161. The van der Waals surface area contributed by atoms with Gasteiger partial charge in [0.1, 0.15) is 18.7 Å². The van der Waals surface area contributed by atoms with Gasteiger partial charge in [0.15, 0.2) is 0 Å². The highest BCUT2D eigenvalue weighted by molar-refractivity contribution is 5.72. The maximum Gasteiger partial charge on any atom is 0.350 e. The largest absolute Gasteiger partial charge is 0.492 e. The van der Waals surface area contributed by atoms with E-state index in [1.807, 2.05) is 61.5 Å². The van der Waals surface area contributed by atoms with Crippen molar-refractivity contribution in [3.05, 3.63) is 77.0 Å². The van der Waals surface area contributed by atoms with Gasteiger partial charge < -0.3 is 14.8 Å². The summed E-state index contributed by atoms with van der Waals surface area (Å²) < 4.78 is 13.8. The van der Waals surface area contributed by atoms with Crippen molar-refractivity contribution >= 4 is 5.97 Å². The molecule has 9 heteroatoms. The maximum atomic E-state index is 12.8. The van der Waals surface area contributed by atoms with E-state index in [4.69, 9.17) is 9.47 Å². The Morgan fingerprint density at radius 2 is 1.81 bits per heavy atom. The molecule has 1 N–H and O–H groups in total. The molecule has 0 amide bonds. The van der Waals surface area contributed by atoms with Crippen LogP contribution in [0, 0.1) is 5.92 Å². The Morgan fingerprint density at radius 3 is 2.53 bits per heavy atom. The average molecular weight is 494 g/mol. The Hall–Kier alpha value is -3.43. The molecule has 3 aromatic rings. The van der Waals surface area contributed by atoms with Gasteiger partial charge in [-0.05, 0) is 62.7 Å². The van der Waals surface area contributed by atoms with E-state index in [9.17, 15) is 9.59 Å². The smallest absolute Gasteiger partial charge is 0.350 e. The van der Waals surface area contributed by atoms with Gasteiger partial charge in [0.25, 0.3) is 0 Å². The number of aromatic nitrogens is 3. The van der Waals surface area contributed by atoms with E-state index >= 15 is 0 Å². The number of hydrogen-bond donors (Lipinski definition) is 1. The lowest BCUT2D eigenvalue weighted by atomic mass is 9.96. The molecule has 1 aliphatic rings. The summed E-state index contributed by atoms with van der Waals surface area (Å²) in [5.41, 5.74) is 1.81. The second kappa shape index (κ2) is 13.0. The van der Waals surface area contributed by atoms with Gasteiger partial charge in [-0.1, -0.05) is 30.3 Å². The zero-order valence-electron chi connectivity index (χ0n) is 20.8. The van der Waals surface area contributed by atoms with E-state index in [-0.39, 0.29) is 17.6 Å². The molecule has 2 aromatic carbocycles. The highest BCUT2D eigenvalue weighted by Gasteiger charge is 2.25. The molecule has 0 radical (unpaired) electrons. The Bertz CT molecular complexity index is 1130. The first-order valence-corrected chi connectivity index (χ1v) is 12.7. The average Bonchev–Trinajstić information content (AvgIpc) is 3.27. The Kier molecular flexibility index (Phi) is 9.29. The summed E-state index contributed by atoms with van der Waals surface area (Å²) in [7, 11) is 0. The van der Waals surface area contributed by atoms with Crippen LogP contribution in [0.15, 0.2) is 65.7 Å². The number of para-hydroxylation sites is 1. The SMILES string of the molecule is CCOC(=O)C1CCN(Cc2ccc(-n3cnn(CCNCCOc4ccccc4)c3=O)cc2)CC1. The number of likely N-dealkylation sites (tertiary alicyclic amines) is 1. The van der Waals surface area contributed by atoms with Crippen molar-refractivity contribution in [2.24, 2.45) is 5.92 Å². The van der Waals surface area contributed by atoms with E-state index in [0.717, 1.165) is 43.9 Å². The van der Waals surface area contributed by atoms with E-state index in [0.29, 0.717) is 32.8 Å². The van der Waals surface area contributed by atoms with Gasteiger partial charge in [-0.3, -0.25) is 9.69 Å². The highest BCUT2D eigenvalue weighted by Crippen LogP contribution is 2.20. The van der Waals surface area contributed by atoms with Gasteiger partial charge >= 0.3 is 11.7 Å². The molecule has 1 aromatic heterocycles. The topological polar surface area (TPSA) is 90.6 Å². The summed E-state index contributed by atoms with van der Waals surface area (Å²) in [6.07, 6.45) is 3.23. The van der Waals surface area contributed by atoms with Crippen LogP contribution < -0.4 is 15.7 Å². The second-order valence-electron chi connectivity index (χ2n) is 8.89. The molecule has 0 spiro atoms. The first-order valence-electron chi connectivity index (χ1n) is 12.7.